The van der Waals surface area contributed by atoms with Gasteiger partial charge in [-0.3, -0.25) is 9.89 Å². The Morgan fingerprint density at radius 1 is 1.33 bits per heavy atom. The Balaban J connectivity index is 0.00000288. The van der Waals surface area contributed by atoms with Crippen LogP contribution in [0.15, 0.2) is 23.2 Å². The number of nitrogens with one attached hydrogen (secondary N) is 1. The molecule has 6 nitrogen and oxygen atoms in total. The zero-order valence-corrected chi connectivity index (χ0v) is 17.1. The van der Waals surface area contributed by atoms with Gasteiger partial charge in [-0.1, -0.05) is 13.3 Å². The number of rotatable bonds is 6. The van der Waals surface area contributed by atoms with E-state index in [1.807, 2.05) is 18.2 Å². The van der Waals surface area contributed by atoms with Crippen LogP contribution in [0.2, 0.25) is 0 Å². The van der Waals surface area contributed by atoms with Crippen LogP contribution in [-0.4, -0.2) is 50.8 Å². The van der Waals surface area contributed by atoms with Crippen molar-refractivity contribution in [1.82, 2.24) is 4.90 Å². The van der Waals surface area contributed by atoms with Crippen molar-refractivity contribution in [3.05, 3.63) is 18.2 Å². The second-order valence-corrected chi connectivity index (χ2v) is 5.70. The molecule has 2 rings (SSSR count). The maximum atomic E-state index is 6.05. The molecule has 1 aliphatic heterocycles. The van der Waals surface area contributed by atoms with Gasteiger partial charge in [0, 0.05) is 12.1 Å². The minimum absolute atomic E-state index is 0. The van der Waals surface area contributed by atoms with Crippen LogP contribution in [0.4, 0.5) is 5.69 Å². The highest BCUT2D eigenvalue weighted by atomic mass is 127. The van der Waals surface area contributed by atoms with Gasteiger partial charge in [-0.2, -0.15) is 0 Å². The predicted molar refractivity (Wildman–Crippen MR) is 110 cm³/mol. The Kier molecular flexibility index (Phi) is 9.20. The van der Waals surface area contributed by atoms with Crippen molar-refractivity contribution in [2.24, 2.45) is 10.7 Å². The van der Waals surface area contributed by atoms with E-state index in [0.29, 0.717) is 17.8 Å². The van der Waals surface area contributed by atoms with Crippen molar-refractivity contribution in [2.45, 2.75) is 32.2 Å². The van der Waals surface area contributed by atoms with Crippen molar-refractivity contribution < 1.29 is 9.47 Å². The second kappa shape index (κ2) is 10.6. The van der Waals surface area contributed by atoms with Crippen LogP contribution in [0.3, 0.4) is 0 Å². The molecule has 0 bridgehead atoms. The number of piperidine rings is 1. The molecule has 1 aromatic carbocycles. The normalized spacial score (nSPS) is 18.6. The summed E-state index contributed by atoms with van der Waals surface area (Å²) < 4.78 is 10.6. The van der Waals surface area contributed by atoms with E-state index < -0.39 is 0 Å². The number of anilines is 1. The molecule has 1 aliphatic rings. The van der Waals surface area contributed by atoms with Gasteiger partial charge in [0.25, 0.3) is 0 Å². The molecular formula is C17H29IN4O2. The molecular weight excluding hydrogens is 419 g/mol. The summed E-state index contributed by atoms with van der Waals surface area (Å²) in [6, 6.07) is 6.02. The van der Waals surface area contributed by atoms with Crippen molar-refractivity contribution in [3.8, 4) is 11.5 Å². The van der Waals surface area contributed by atoms with E-state index in [4.69, 9.17) is 15.2 Å². The van der Waals surface area contributed by atoms with Gasteiger partial charge in [0.1, 0.15) is 11.5 Å². The Bertz CT molecular complexity index is 539. The molecule has 1 atom stereocenters. The van der Waals surface area contributed by atoms with E-state index in [1.54, 1.807) is 14.2 Å². The number of nitrogens with zero attached hydrogens (tertiary/aromatic N) is 2. The third kappa shape index (κ3) is 5.70. The maximum absolute atomic E-state index is 6.05. The van der Waals surface area contributed by atoms with Crippen LogP contribution < -0.4 is 20.5 Å². The number of halogens is 1. The largest absolute Gasteiger partial charge is 0.497 e. The molecule has 0 amide bonds. The van der Waals surface area contributed by atoms with E-state index >= 15 is 0 Å². The van der Waals surface area contributed by atoms with Crippen molar-refractivity contribution >= 4 is 35.6 Å². The van der Waals surface area contributed by atoms with Crippen LogP contribution in [0.1, 0.15) is 26.2 Å². The fourth-order valence-electron chi connectivity index (χ4n) is 2.98. The predicted octanol–water partition coefficient (Wildman–Crippen LogP) is 2.92. The first-order valence-electron chi connectivity index (χ1n) is 8.21. The quantitative estimate of drug-likeness (QED) is 0.398. The van der Waals surface area contributed by atoms with Crippen LogP contribution in [0, 0.1) is 0 Å². The third-order valence-electron chi connectivity index (χ3n) is 4.30. The van der Waals surface area contributed by atoms with Crippen LogP contribution in [-0.2, 0) is 0 Å². The molecule has 0 aliphatic carbocycles. The van der Waals surface area contributed by atoms with Crippen molar-refractivity contribution in [2.75, 3.05) is 39.2 Å². The van der Waals surface area contributed by atoms with Gasteiger partial charge < -0.3 is 20.5 Å². The van der Waals surface area contributed by atoms with Gasteiger partial charge in [-0.25, -0.2) is 0 Å². The Morgan fingerprint density at radius 3 is 2.79 bits per heavy atom. The van der Waals surface area contributed by atoms with Gasteiger partial charge >= 0.3 is 0 Å². The zero-order chi connectivity index (χ0) is 16.7. The van der Waals surface area contributed by atoms with Crippen LogP contribution in [0.5, 0.6) is 11.5 Å². The van der Waals surface area contributed by atoms with E-state index in [9.17, 15) is 0 Å². The summed E-state index contributed by atoms with van der Waals surface area (Å²) in [5, 5.41) is 3.11. The highest BCUT2D eigenvalue weighted by molar-refractivity contribution is 14.0. The lowest BCUT2D eigenvalue weighted by molar-refractivity contribution is 0.161. The molecule has 136 valence electrons. The molecule has 1 fully saturated rings. The summed E-state index contributed by atoms with van der Waals surface area (Å²) in [6.07, 6.45) is 3.74. The van der Waals surface area contributed by atoms with Crippen LogP contribution >= 0.6 is 24.0 Å². The summed E-state index contributed by atoms with van der Waals surface area (Å²) in [4.78, 5) is 7.00. The van der Waals surface area contributed by atoms with Crippen LogP contribution in [0.25, 0.3) is 0 Å². The minimum atomic E-state index is 0. The lowest BCUT2D eigenvalue weighted by Crippen LogP contribution is -2.41. The first-order chi connectivity index (χ1) is 11.2. The molecule has 0 radical (unpaired) electrons. The number of nitrogens with two attached hydrogens (primary N) is 1. The van der Waals surface area contributed by atoms with Gasteiger partial charge in [0.05, 0.1) is 26.5 Å². The monoisotopic (exact) mass is 448 g/mol. The molecule has 1 unspecified atom stereocenters. The first kappa shape index (κ1) is 20.8. The van der Waals surface area contributed by atoms with Crippen molar-refractivity contribution in [1.29, 1.82) is 0 Å². The SMILES string of the molecule is CCN1CCCCC1CN=C(N)Nc1cc(OC)ccc1OC.I. The number of hydrogen-bond donors (Lipinski definition) is 2. The highest BCUT2D eigenvalue weighted by Crippen LogP contribution is 2.28. The molecule has 0 aromatic heterocycles. The van der Waals surface area contributed by atoms with Gasteiger partial charge in [-0.15, -0.1) is 24.0 Å². The fourth-order valence-corrected chi connectivity index (χ4v) is 2.98. The highest BCUT2D eigenvalue weighted by Gasteiger charge is 2.20. The maximum Gasteiger partial charge on any atom is 0.193 e. The number of likely N-dealkylation sites (tertiary alicyclic amines) is 1. The second-order valence-electron chi connectivity index (χ2n) is 5.70. The van der Waals surface area contributed by atoms with Gasteiger partial charge in [0.2, 0.25) is 0 Å². The minimum Gasteiger partial charge on any atom is -0.497 e. The van der Waals surface area contributed by atoms with E-state index in [2.05, 4.69) is 22.1 Å². The Labute approximate surface area is 161 Å². The lowest BCUT2D eigenvalue weighted by atomic mass is 10.0. The van der Waals surface area contributed by atoms with Crippen molar-refractivity contribution in [3.63, 3.8) is 0 Å². The summed E-state index contributed by atoms with van der Waals surface area (Å²) in [5.41, 5.74) is 6.80. The Morgan fingerprint density at radius 2 is 2.12 bits per heavy atom. The topological polar surface area (TPSA) is 72.1 Å². The molecule has 1 aromatic rings. The van der Waals surface area contributed by atoms with Gasteiger partial charge in [-0.05, 0) is 38.1 Å². The van der Waals surface area contributed by atoms with E-state index in [-0.39, 0.29) is 24.0 Å². The summed E-state index contributed by atoms with van der Waals surface area (Å²) in [5.74, 6) is 1.85. The van der Waals surface area contributed by atoms with E-state index in [1.165, 1.54) is 19.3 Å². The molecule has 3 N–H and O–H groups in total. The molecule has 0 spiro atoms. The first-order valence-corrected chi connectivity index (χ1v) is 8.21. The van der Waals surface area contributed by atoms with Gasteiger partial charge in [0.15, 0.2) is 5.96 Å². The number of benzene rings is 1. The number of ether oxygens (including phenoxy) is 2. The zero-order valence-electron chi connectivity index (χ0n) is 14.7. The third-order valence-corrected chi connectivity index (χ3v) is 4.30. The summed E-state index contributed by atoms with van der Waals surface area (Å²) in [6.45, 7) is 5.15. The van der Waals surface area contributed by atoms with E-state index in [0.717, 1.165) is 31.1 Å². The molecule has 7 heteroatoms. The number of likely N-dealkylation sites (N-methyl/N-ethyl adjacent to an activating group) is 1. The Hall–Kier alpha value is -1.22. The molecule has 0 saturated carbocycles. The smallest absolute Gasteiger partial charge is 0.193 e. The summed E-state index contributed by atoms with van der Waals surface area (Å²) in [7, 11) is 3.26. The summed E-state index contributed by atoms with van der Waals surface area (Å²) >= 11 is 0. The number of methoxy groups -OCH3 is 2. The molecule has 1 heterocycles. The average Bonchev–Trinajstić information content (AvgIpc) is 2.60. The number of hydrogen-bond acceptors (Lipinski definition) is 4. The lowest BCUT2D eigenvalue weighted by Gasteiger charge is -2.33. The number of aliphatic imine (C=N–C) groups is 1. The standard InChI is InChI=1S/C17H28N4O2.HI/c1-4-21-10-6-5-7-13(21)12-19-17(18)20-15-11-14(22-2)8-9-16(15)23-3;/h8-9,11,13H,4-7,10,12H2,1-3H3,(H3,18,19,20);1H. The molecule has 24 heavy (non-hydrogen) atoms. The average molecular weight is 448 g/mol. The fraction of sp³-hybridized carbons (Fsp3) is 0.588. The molecule has 1 saturated heterocycles. The number of guanidine groups is 1.